The van der Waals surface area contributed by atoms with Crippen LogP contribution in [-0.4, -0.2) is 0 Å². The maximum Gasteiger partial charge on any atom is 0.151 e. The fourth-order valence-corrected chi connectivity index (χ4v) is 5.34. The lowest BCUT2D eigenvalue weighted by Crippen LogP contribution is -2.34. The van der Waals surface area contributed by atoms with E-state index in [-0.39, 0.29) is 0 Å². The van der Waals surface area contributed by atoms with Crippen molar-refractivity contribution < 1.29 is 0 Å². The average Bonchev–Trinajstić information content (AvgIpc) is 2.87. The molecule has 0 N–H and O–H groups in total. The summed E-state index contributed by atoms with van der Waals surface area (Å²) in [5, 5.41) is 0. The zero-order chi connectivity index (χ0) is 22.6. The molecule has 4 rings (SSSR count). The van der Waals surface area contributed by atoms with Crippen LogP contribution < -0.4 is 4.48 Å². The van der Waals surface area contributed by atoms with E-state index in [1.54, 1.807) is 0 Å². The normalized spacial score (nSPS) is 11.5. The van der Waals surface area contributed by atoms with Crippen LogP contribution in [0.4, 0.5) is 22.7 Å². The van der Waals surface area contributed by atoms with Gasteiger partial charge in [0.15, 0.2) is 5.69 Å². The second-order valence-electron chi connectivity index (χ2n) is 8.38. The molecule has 4 aromatic rings. The highest BCUT2D eigenvalue weighted by atomic mass is 15.4. The van der Waals surface area contributed by atoms with Crippen LogP contribution in [0.15, 0.2) is 97.1 Å². The Kier molecular flexibility index (Phi) is 6.58. The Hall–Kier alpha value is -3.16. The van der Waals surface area contributed by atoms with Crippen molar-refractivity contribution in [2.24, 2.45) is 0 Å². The largest absolute Gasteiger partial charge is 0.194 e. The minimum absolute atomic E-state index is 0.582. The summed E-state index contributed by atoms with van der Waals surface area (Å²) in [4.78, 5) is 0. The molecule has 0 unspecified atom stereocenters. The molecule has 0 saturated carbocycles. The van der Waals surface area contributed by atoms with Gasteiger partial charge in [0.05, 0.1) is 0 Å². The summed E-state index contributed by atoms with van der Waals surface area (Å²) in [6, 6.07) is 35.4. The topological polar surface area (TPSA) is 0 Å². The number of hydrogen-bond acceptors (Lipinski definition) is 0. The van der Waals surface area contributed by atoms with Crippen molar-refractivity contribution in [3.63, 3.8) is 0 Å². The maximum absolute atomic E-state index is 2.49. The quantitative estimate of drug-likeness (QED) is 0.262. The molecular formula is C31H34N+. The molecule has 0 aliphatic carbocycles. The summed E-state index contributed by atoms with van der Waals surface area (Å²) in [5.41, 5.74) is 11.0. The van der Waals surface area contributed by atoms with Crippen molar-refractivity contribution in [3.8, 4) is 0 Å². The molecule has 0 saturated heterocycles. The zero-order valence-corrected chi connectivity index (χ0v) is 19.8. The molecule has 1 nitrogen and oxygen atoms in total. The third kappa shape index (κ3) is 3.57. The Labute approximate surface area is 193 Å². The minimum atomic E-state index is 0.582. The second-order valence-corrected chi connectivity index (χ2v) is 8.38. The number of quaternary nitrogens is 1. The first-order valence-corrected chi connectivity index (χ1v) is 11.9. The van der Waals surface area contributed by atoms with E-state index >= 15 is 0 Å². The van der Waals surface area contributed by atoms with Gasteiger partial charge in [-0.25, -0.2) is 0 Å². The number of benzene rings is 4. The number of hydrogen-bond donors (Lipinski definition) is 0. The molecule has 0 radical (unpaired) electrons. The SMILES string of the molecule is CCc1cc([N+](c2ccccc2)(c2ccccc2)c2ccccc2)c(C)c(CC)c1CC. The van der Waals surface area contributed by atoms with Crippen LogP contribution in [0.5, 0.6) is 0 Å². The number of nitrogens with zero attached hydrogens (tertiary/aromatic N) is 1. The Balaban J connectivity index is 2.22. The molecule has 0 heterocycles. The first kappa shape index (κ1) is 22.0. The predicted octanol–water partition coefficient (Wildman–Crippen LogP) is 8.98. The van der Waals surface area contributed by atoms with Gasteiger partial charge in [0, 0.05) is 48.0 Å². The number of aryl methyl sites for hydroxylation is 1. The van der Waals surface area contributed by atoms with Crippen LogP contribution in [0, 0.1) is 6.92 Å². The molecule has 162 valence electrons. The molecule has 0 amide bonds. The molecule has 1 heteroatoms. The smallest absolute Gasteiger partial charge is 0.151 e. The molecule has 0 aliphatic rings. The van der Waals surface area contributed by atoms with Gasteiger partial charge < -0.3 is 0 Å². The highest BCUT2D eigenvalue weighted by Gasteiger charge is 2.41. The Morgan fingerprint density at radius 2 is 0.938 bits per heavy atom. The summed E-state index contributed by atoms with van der Waals surface area (Å²) >= 11 is 0. The van der Waals surface area contributed by atoms with E-state index in [0.717, 1.165) is 19.3 Å². The number of rotatable bonds is 7. The van der Waals surface area contributed by atoms with Crippen molar-refractivity contribution in [2.45, 2.75) is 47.0 Å². The van der Waals surface area contributed by atoms with Crippen LogP contribution in [0.1, 0.15) is 43.0 Å². The molecule has 0 bridgehead atoms. The lowest BCUT2D eigenvalue weighted by Gasteiger charge is -2.39. The van der Waals surface area contributed by atoms with Crippen molar-refractivity contribution in [2.75, 3.05) is 0 Å². The van der Waals surface area contributed by atoms with Crippen LogP contribution in [-0.2, 0) is 19.3 Å². The Morgan fingerprint density at radius 1 is 0.531 bits per heavy atom. The fourth-order valence-electron chi connectivity index (χ4n) is 5.34. The van der Waals surface area contributed by atoms with Gasteiger partial charge in [-0.05, 0) is 42.9 Å². The first-order valence-electron chi connectivity index (χ1n) is 11.9. The molecular weight excluding hydrogens is 386 g/mol. The number of para-hydroxylation sites is 3. The van der Waals surface area contributed by atoms with E-state index in [2.05, 4.69) is 125 Å². The van der Waals surface area contributed by atoms with Crippen LogP contribution >= 0.6 is 0 Å². The van der Waals surface area contributed by atoms with E-state index < -0.39 is 0 Å². The van der Waals surface area contributed by atoms with E-state index in [9.17, 15) is 0 Å². The molecule has 0 atom stereocenters. The minimum Gasteiger partial charge on any atom is -0.194 e. The van der Waals surface area contributed by atoms with Gasteiger partial charge in [-0.1, -0.05) is 75.4 Å². The maximum atomic E-state index is 2.49. The summed E-state index contributed by atoms with van der Waals surface area (Å²) in [6.45, 7) is 9.21. The first-order chi connectivity index (χ1) is 15.7. The standard InChI is InChI=1S/C31H34N/c1-5-25-23-31(24(4)29(6-2)30(25)7-3)32(26-17-11-8-12-18-26,27-19-13-9-14-20-27)28-21-15-10-16-22-28/h8-23H,5-7H2,1-4H3/q+1. The van der Waals surface area contributed by atoms with E-state index in [1.165, 1.54) is 45.0 Å². The van der Waals surface area contributed by atoms with Gasteiger partial charge in [-0.15, -0.1) is 0 Å². The molecule has 0 fully saturated rings. The van der Waals surface area contributed by atoms with Gasteiger partial charge >= 0.3 is 0 Å². The third-order valence-electron chi connectivity index (χ3n) is 6.78. The van der Waals surface area contributed by atoms with Crippen LogP contribution in [0.3, 0.4) is 0 Å². The summed E-state index contributed by atoms with van der Waals surface area (Å²) in [5.74, 6) is 0. The third-order valence-corrected chi connectivity index (χ3v) is 6.78. The van der Waals surface area contributed by atoms with Gasteiger partial charge in [-0.2, -0.15) is 4.48 Å². The van der Waals surface area contributed by atoms with E-state index in [4.69, 9.17) is 0 Å². The molecule has 0 aliphatic heterocycles. The van der Waals surface area contributed by atoms with Gasteiger partial charge in [-0.3, -0.25) is 0 Å². The lowest BCUT2D eigenvalue weighted by atomic mass is 9.88. The highest BCUT2D eigenvalue weighted by Crippen LogP contribution is 2.53. The van der Waals surface area contributed by atoms with Crippen LogP contribution in [0.25, 0.3) is 0 Å². The summed E-state index contributed by atoms with van der Waals surface area (Å²) in [7, 11) is 0. The molecule has 0 spiro atoms. The zero-order valence-electron chi connectivity index (χ0n) is 19.8. The average molecular weight is 421 g/mol. The summed E-state index contributed by atoms with van der Waals surface area (Å²) in [6.07, 6.45) is 3.17. The monoisotopic (exact) mass is 420 g/mol. The molecule has 0 aromatic heterocycles. The van der Waals surface area contributed by atoms with Crippen molar-refractivity contribution >= 4 is 22.7 Å². The molecule has 4 aromatic carbocycles. The van der Waals surface area contributed by atoms with Crippen LogP contribution in [0.2, 0.25) is 0 Å². The van der Waals surface area contributed by atoms with Gasteiger partial charge in [0.2, 0.25) is 0 Å². The van der Waals surface area contributed by atoms with Crippen molar-refractivity contribution in [1.29, 1.82) is 0 Å². The van der Waals surface area contributed by atoms with E-state index in [0.29, 0.717) is 4.48 Å². The van der Waals surface area contributed by atoms with Gasteiger partial charge in [0.1, 0.15) is 17.1 Å². The van der Waals surface area contributed by atoms with E-state index in [1.807, 2.05) is 0 Å². The lowest BCUT2D eigenvalue weighted by molar-refractivity contribution is 0.694. The fraction of sp³-hybridized carbons (Fsp3) is 0.226. The molecule has 32 heavy (non-hydrogen) atoms. The highest BCUT2D eigenvalue weighted by molar-refractivity contribution is 5.84. The van der Waals surface area contributed by atoms with Crippen molar-refractivity contribution in [3.05, 3.63) is 119 Å². The second kappa shape index (κ2) is 9.54. The predicted molar refractivity (Wildman–Crippen MR) is 139 cm³/mol. The van der Waals surface area contributed by atoms with Crippen molar-refractivity contribution in [1.82, 2.24) is 4.48 Å². The van der Waals surface area contributed by atoms with Gasteiger partial charge in [0.25, 0.3) is 0 Å². The Morgan fingerprint density at radius 3 is 1.28 bits per heavy atom. The Bertz CT molecular complexity index is 1060. The summed E-state index contributed by atoms with van der Waals surface area (Å²) < 4.78 is 0.582.